The van der Waals surface area contributed by atoms with Crippen LogP contribution in [0.5, 0.6) is 0 Å². The van der Waals surface area contributed by atoms with Crippen LogP contribution in [0.1, 0.15) is 47.2 Å². The quantitative estimate of drug-likeness (QED) is 0.777. The van der Waals surface area contributed by atoms with Crippen molar-refractivity contribution in [2.75, 3.05) is 6.61 Å². The van der Waals surface area contributed by atoms with Crippen molar-refractivity contribution in [1.29, 1.82) is 0 Å². The molecule has 0 amide bonds. The summed E-state index contributed by atoms with van der Waals surface area (Å²) < 4.78 is 33.9. The van der Waals surface area contributed by atoms with Gasteiger partial charge in [0, 0.05) is 11.6 Å². The Morgan fingerprint density at radius 1 is 1.04 bits per heavy atom. The van der Waals surface area contributed by atoms with Crippen molar-refractivity contribution in [1.82, 2.24) is 0 Å². The van der Waals surface area contributed by atoms with Gasteiger partial charge in [0.05, 0.1) is 13.0 Å². The summed E-state index contributed by atoms with van der Waals surface area (Å²) in [4.78, 5) is 11.7. The minimum Gasteiger partial charge on any atom is -0.466 e. The molecule has 0 fully saturated rings. The zero-order valence-corrected chi connectivity index (χ0v) is 15.9. The number of nitrogens with two attached hydrogens (primary N) is 1. The van der Waals surface area contributed by atoms with Crippen molar-refractivity contribution < 1.29 is 18.3 Å². The van der Waals surface area contributed by atoms with Gasteiger partial charge < -0.3 is 10.5 Å². The van der Waals surface area contributed by atoms with E-state index in [2.05, 4.69) is 0 Å². The lowest BCUT2D eigenvalue weighted by Gasteiger charge is -2.18. The molecule has 2 aromatic carbocycles. The second-order valence-electron chi connectivity index (χ2n) is 6.64. The molecule has 0 heterocycles. The van der Waals surface area contributed by atoms with Gasteiger partial charge in [0.25, 0.3) is 0 Å². The molecule has 3 nitrogen and oxygen atoms in total. The van der Waals surface area contributed by atoms with Gasteiger partial charge in [-0.15, -0.1) is 0 Å². The first-order valence-electron chi connectivity index (χ1n) is 8.65. The number of carbonyl (C=O) groups excluding carboxylic acids is 1. The Labute approximate surface area is 153 Å². The third kappa shape index (κ3) is 3.93. The Hall–Kier alpha value is -2.27. The number of ether oxygens (including phenoxy) is 1. The number of hydrogen-bond donors (Lipinski definition) is 1. The van der Waals surface area contributed by atoms with E-state index in [0.717, 1.165) is 11.1 Å². The highest BCUT2D eigenvalue weighted by Crippen LogP contribution is 2.34. The van der Waals surface area contributed by atoms with E-state index < -0.39 is 17.8 Å². The van der Waals surface area contributed by atoms with E-state index in [0.29, 0.717) is 22.3 Å². The van der Waals surface area contributed by atoms with Gasteiger partial charge in [0.15, 0.2) is 0 Å². The summed E-state index contributed by atoms with van der Waals surface area (Å²) >= 11 is 0. The molecular formula is C21H25F2NO2. The standard InChI is InChI=1S/C21H25F2NO2/c1-6-26-18(25)10-17(24)16-9-15(8-13(4)21(16)23)19-11(2)7-12(3)20(22)14(19)5/h7-9,17H,6,10,24H2,1-5H3. The van der Waals surface area contributed by atoms with E-state index in [1.165, 1.54) is 0 Å². The zero-order valence-electron chi connectivity index (χ0n) is 15.9. The van der Waals surface area contributed by atoms with Crippen molar-refractivity contribution in [3.63, 3.8) is 0 Å². The highest BCUT2D eigenvalue weighted by molar-refractivity contribution is 5.74. The number of esters is 1. The van der Waals surface area contributed by atoms with Crippen LogP contribution in [0.4, 0.5) is 8.78 Å². The number of halogens is 2. The van der Waals surface area contributed by atoms with Crippen molar-refractivity contribution in [2.24, 2.45) is 5.73 Å². The van der Waals surface area contributed by atoms with Crippen LogP contribution in [0.3, 0.4) is 0 Å². The van der Waals surface area contributed by atoms with Gasteiger partial charge in [-0.25, -0.2) is 8.78 Å². The third-order valence-electron chi connectivity index (χ3n) is 4.54. The summed E-state index contributed by atoms with van der Waals surface area (Å²) in [5.74, 6) is -1.20. The summed E-state index contributed by atoms with van der Waals surface area (Å²) in [6, 6.07) is 4.23. The molecule has 0 saturated heterocycles. The van der Waals surface area contributed by atoms with Crippen LogP contribution in [0.25, 0.3) is 11.1 Å². The van der Waals surface area contributed by atoms with Crippen molar-refractivity contribution in [3.8, 4) is 11.1 Å². The van der Waals surface area contributed by atoms with Crippen LogP contribution in [-0.4, -0.2) is 12.6 Å². The van der Waals surface area contributed by atoms with Gasteiger partial charge in [0.1, 0.15) is 11.6 Å². The lowest BCUT2D eigenvalue weighted by atomic mass is 9.89. The van der Waals surface area contributed by atoms with Crippen molar-refractivity contribution >= 4 is 5.97 Å². The van der Waals surface area contributed by atoms with E-state index in [1.807, 2.05) is 6.92 Å². The molecule has 0 saturated carbocycles. The minimum absolute atomic E-state index is 0.117. The molecule has 0 aromatic heterocycles. The van der Waals surface area contributed by atoms with Gasteiger partial charge in [0.2, 0.25) is 0 Å². The molecule has 0 bridgehead atoms. The minimum atomic E-state index is -0.830. The molecule has 0 radical (unpaired) electrons. The van der Waals surface area contributed by atoms with Crippen LogP contribution in [0, 0.1) is 39.3 Å². The zero-order chi connectivity index (χ0) is 19.6. The van der Waals surface area contributed by atoms with Crippen LogP contribution in [-0.2, 0) is 9.53 Å². The van der Waals surface area contributed by atoms with Gasteiger partial charge in [-0.1, -0.05) is 6.07 Å². The fourth-order valence-corrected chi connectivity index (χ4v) is 3.33. The van der Waals surface area contributed by atoms with Crippen LogP contribution >= 0.6 is 0 Å². The average Bonchev–Trinajstić information content (AvgIpc) is 2.55. The SMILES string of the molecule is CCOC(=O)CC(N)c1cc(-c2c(C)cc(C)c(F)c2C)cc(C)c1F. The summed E-state index contributed by atoms with van der Waals surface area (Å²) in [6.45, 7) is 8.90. The van der Waals surface area contributed by atoms with Gasteiger partial charge >= 0.3 is 5.97 Å². The van der Waals surface area contributed by atoms with Crippen LogP contribution in [0.15, 0.2) is 18.2 Å². The topological polar surface area (TPSA) is 52.3 Å². The normalized spacial score (nSPS) is 12.2. The highest BCUT2D eigenvalue weighted by atomic mass is 19.1. The predicted molar refractivity (Wildman–Crippen MR) is 98.9 cm³/mol. The number of aryl methyl sites for hydroxylation is 3. The molecular weight excluding hydrogens is 336 g/mol. The molecule has 5 heteroatoms. The first kappa shape index (κ1) is 20.0. The maximum atomic E-state index is 14.6. The molecule has 1 unspecified atom stereocenters. The molecule has 26 heavy (non-hydrogen) atoms. The second-order valence-corrected chi connectivity index (χ2v) is 6.64. The molecule has 1 atom stereocenters. The molecule has 2 rings (SSSR count). The summed E-state index contributed by atoms with van der Waals surface area (Å²) in [5.41, 5.74) is 10.1. The maximum absolute atomic E-state index is 14.6. The van der Waals surface area contributed by atoms with Crippen molar-refractivity contribution in [3.05, 3.63) is 57.7 Å². The molecule has 0 spiro atoms. The molecule has 0 aliphatic heterocycles. The van der Waals surface area contributed by atoms with Crippen LogP contribution in [0.2, 0.25) is 0 Å². The molecule has 2 N–H and O–H groups in total. The smallest absolute Gasteiger partial charge is 0.307 e. The Balaban J connectivity index is 2.56. The van der Waals surface area contributed by atoms with Crippen molar-refractivity contribution in [2.45, 2.75) is 47.1 Å². The van der Waals surface area contributed by atoms with Gasteiger partial charge in [-0.2, -0.15) is 0 Å². The summed E-state index contributed by atoms with van der Waals surface area (Å²) in [6.07, 6.45) is -0.117. The lowest BCUT2D eigenvalue weighted by Crippen LogP contribution is -2.19. The lowest BCUT2D eigenvalue weighted by molar-refractivity contribution is -0.143. The van der Waals surface area contributed by atoms with Gasteiger partial charge in [-0.3, -0.25) is 4.79 Å². The Morgan fingerprint density at radius 2 is 1.65 bits per heavy atom. The van der Waals surface area contributed by atoms with E-state index in [-0.39, 0.29) is 24.4 Å². The number of rotatable bonds is 5. The fourth-order valence-electron chi connectivity index (χ4n) is 3.33. The van der Waals surface area contributed by atoms with E-state index in [1.54, 1.807) is 45.9 Å². The monoisotopic (exact) mass is 361 g/mol. The first-order chi connectivity index (χ1) is 12.2. The van der Waals surface area contributed by atoms with Gasteiger partial charge in [-0.05, 0) is 80.1 Å². The van der Waals surface area contributed by atoms with E-state index in [4.69, 9.17) is 10.5 Å². The first-order valence-corrected chi connectivity index (χ1v) is 8.65. The Morgan fingerprint density at radius 3 is 2.27 bits per heavy atom. The highest BCUT2D eigenvalue weighted by Gasteiger charge is 2.21. The number of benzene rings is 2. The average molecular weight is 361 g/mol. The Kier molecular flexibility index (Phi) is 6.13. The maximum Gasteiger partial charge on any atom is 0.307 e. The summed E-state index contributed by atoms with van der Waals surface area (Å²) in [5, 5.41) is 0. The van der Waals surface area contributed by atoms with E-state index >= 15 is 0 Å². The molecule has 140 valence electrons. The predicted octanol–water partition coefficient (Wildman–Crippen LogP) is 4.82. The number of hydrogen-bond acceptors (Lipinski definition) is 3. The Bertz CT molecular complexity index is 847. The largest absolute Gasteiger partial charge is 0.466 e. The molecule has 0 aliphatic carbocycles. The number of carbonyl (C=O) groups is 1. The van der Waals surface area contributed by atoms with Crippen LogP contribution < -0.4 is 5.73 Å². The van der Waals surface area contributed by atoms with E-state index in [9.17, 15) is 13.6 Å². The third-order valence-corrected chi connectivity index (χ3v) is 4.54. The second kappa shape index (κ2) is 7.96. The fraction of sp³-hybridized carbons (Fsp3) is 0.381. The molecule has 0 aliphatic rings. The molecule has 2 aromatic rings. The summed E-state index contributed by atoms with van der Waals surface area (Å²) in [7, 11) is 0.